The molecule has 0 saturated carbocycles. The Bertz CT molecular complexity index is 1050. The zero-order valence-electron chi connectivity index (χ0n) is 14.7. The number of aromatic nitrogens is 2. The first-order valence-electron chi connectivity index (χ1n) is 7.94. The molecule has 1 heterocycles. The number of hydrogen-bond donors (Lipinski definition) is 2. The summed E-state index contributed by atoms with van der Waals surface area (Å²) in [5.41, 5.74) is 4.94. The summed E-state index contributed by atoms with van der Waals surface area (Å²) >= 11 is 0. The standard InChI is InChI=1S/C18H17FN4O4/c1-26-15-7-11-14(8-16(15)27-2)20-10-23(18(11)25)9-17(24)22-21-13-6-4-3-5-12(13)19/h3-8,10,21H,9H2,1-2H3,(H,22,24). The van der Waals surface area contributed by atoms with Crippen molar-refractivity contribution < 1.29 is 18.7 Å². The van der Waals surface area contributed by atoms with Crippen molar-refractivity contribution in [3.8, 4) is 11.5 Å². The van der Waals surface area contributed by atoms with E-state index in [9.17, 15) is 14.0 Å². The van der Waals surface area contributed by atoms with Crippen molar-refractivity contribution in [3.63, 3.8) is 0 Å². The lowest BCUT2D eigenvalue weighted by molar-refractivity contribution is -0.121. The first-order valence-corrected chi connectivity index (χ1v) is 7.94. The number of hydrazine groups is 1. The van der Waals surface area contributed by atoms with Crippen molar-refractivity contribution in [3.05, 3.63) is 58.9 Å². The lowest BCUT2D eigenvalue weighted by Gasteiger charge is -2.12. The largest absolute Gasteiger partial charge is 0.493 e. The third kappa shape index (κ3) is 3.81. The number of hydrogen-bond acceptors (Lipinski definition) is 6. The van der Waals surface area contributed by atoms with Gasteiger partial charge in [-0.05, 0) is 18.2 Å². The van der Waals surface area contributed by atoms with Gasteiger partial charge >= 0.3 is 0 Å². The molecule has 1 aromatic heterocycles. The summed E-state index contributed by atoms with van der Waals surface area (Å²) in [6.45, 7) is -0.294. The van der Waals surface area contributed by atoms with Gasteiger partial charge in [0.1, 0.15) is 12.4 Å². The van der Waals surface area contributed by atoms with Gasteiger partial charge in [0, 0.05) is 6.07 Å². The molecule has 0 radical (unpaired) electrons. The molecule has 27 heavy (non-hydrogen) atoms. The topological polar surface area (TPSA) is 94.5 Å². The second-order valence-electron chi connectivity index (χ2n) is 5.55. The molecule has 0 atom stereocenters. The minimum absolute atomic E-state index is 0.117. The van der Waals surface area contributed by atoms with E-state index < -0.39 is 17.3 Å². The van der Waals surface area contributed by atoms with E-state index >= 15 is 0 Å². The molecule has 2 N–H and O–H groups in total. The van der Waals surface area contributed by atoms with Crippen LogP contribution in [0.4, 0.5) is 10.1 Å². The first-order chi connectivity index (χ1) is 13.0. The van der Waals surface area contributed by atoms with Gasteiger partial charge in [0.05, 0.1) is 37.1 Å². The number of fused-ring (bicyclic) bond motifs is 1. The Kier molecular flexibility index (Phi) is 5.20. The Morgan fingerprint density at radius 2 is 1.89 bits per heavy atom. The predicted octanol–water partition coefficient (Wildman–Crippen LogP) is 1.70. The minimum Gasteiger partial charge on any atom is -0.493 e. The van der Waals surface area contributed by atoms with Gasteiger partial charge in [-0.3, -0.25) is 25.0 Å². The predicted molar refractivity (Wildman–Crippen MR) is 97.3 cm³/mol. The van der Waals surface area contributed by atoms with E-state index in [1.807, 2.05) is 0 Å². The van der Waals surface area contributed by atoms with Crippen LogP contribution in [-0.2, 0) is 11.3 Å². The number of methoxy groups -OCH3 is 2. The van der Waals surface area contributed by atoms with Gasteiger partial charge in [0.15, 0.2) is 11.5 Å². The van der Waals surface area contributed by atoms with Gasteiger partial charge in [-0.15, -0.1) is 0 Å². The molecule has 2 aromatic carbocycles. The molecule has 0 saturated heterocycles. The van der Waals surface area contributed by atoms with E-state index in [4.69, 9.17) is 9.47 Å². The van der Waals surface area contributed by atoms with Gasteiger partial charge in [-0.1, -0.05) is 12.1 Å². The molecule has 8 nitrogen and oxygen atoms in total. The van der Waals surface area contributed by atoms with Crippen LogP contribution in [0, 0.1) is 5.82 Å². The third-order valence-corrected chi connectivity index (χ3v) is 3.85. The number of nitrogens with one attached hydrogen (secondary N) is 2. The zero-order chi connectivity index (χ0) is 19.4. The lowest BCUT2D eigenvalue weighted by atomic mass is 10.2. The van der Waals surface area contributed by atoms with Crippen molar-refractivity contribution in [1.82, 2.24) is 15.0 Å². The van der Waals surface area contributed by atoms with E-state index in [0.29, 0.717) is 17.0 Å². The first kappa shape index (κ1) is 18.2. The van der Waals surface area contributed by atoms with E-state index in [-0.39, 0.29) is 17.6 Å². The van der Waals surface area contributed by atoms with Gasteiger partial charge in [-0.2, -0.15) is 0 Å². The monoisotopic (exact) mass is 372 g/mol. The fourth-order valence-electron chi connectivity index (χ4n) is 2.49. The van der Waals surface area contributed by atoms with Crippen molar-refractivity contribution in [2.75, 3.05) is 19.6 Å². The van der Waals surface area contributed by atoms with E-state index in [1.165, 1.54) is 44.8 Å². The number of nitrogens with zero attached hydrogens (tertiary/aromatic N) is 2. The third-order valence-electron chi connectivity index (χ3n) is 3.85. The summed E-state index contributed by atoms with van der Waals surface area (Å²) in [6.07, 6.45) is 1.26. The summed E-state index contributed by atoms with van der Waals surface area (Å²) < 4.78 is 25.1. The average molecular weight is 372 g/mol. The van der Waals surface area contributed by atoms with Gasteiger partial charge in [0.2, 0.25) is 0 Å². The molecular weight excluding hydrogens is 355 g/mol. The number of para-hydroxylation sites is 1. The zero-order valence-corrected chi connectivity index (χ0v) is 14.7. The highest BCUT2D eigenvalue weighted by Crippen LogP contribution is 2.29. The molecule has 140 valence electrons. The van der Waals surface area contributed by atoms with Crippen molar-refractivity contribution >= 4 is 22.5 Å². The summed E-state index contributed by atoms with van der Waals surface area (Å²) in [4.78, 5) is 28.9. The Balaban J connectivity index is 1.80. The number of amides is 1. The van der Waals surface area contributed by atoms with Crippen LogP contribution in [0.15, 0.2) is 47.5 Å². The molecule has 9 heteroatoms. The quantitative estimate of drug-likeness (QED) is 0.640. The van der Waals surface area contributed by atoms with Crippen LogP contribution in [0.2, 0.25) is 0 Å². The van der Waals surface area contributed by atoms with Crippen LogP contribution in [0.1, 0.15) is 0 Å². The summed E-state index contributed by atoms with van der Waals surface area (Å²) in [5.74, 6) is -0.223. The molecule has 0 bridgehead atoms. The fraction of sp³-hybridized carbons (Fsp3) is 0.167. The maximum Gasteiger partial charge on any atom is 0.261 e. The van der Waals surface area contributed by atoms with Crippen LogP contribution >= 0.6 is 0 Å². The Morgan fingerprint density at radius 1 is 1.19 bits per heavy atom. The smallest absolute Gasteiger partial charge is 0.261 e. The maximum absolute atomic E-state index is 13.5. The van der Waals surface area contributed by atoms with Crippen molar-refractivity contribution in [1.29, 1.82) is 0 Å². The van der Waals surface area contributed by atoms with Gasteiger partial charge in [-0.25, -0.2) is 9.37 Å². The van der Waals surface area contributed by atoms with Crippen LogP contribution in [-0.4, -0.2) is 29.7 Å². The SMILES string of the molecule is COc1cc2ncn(CC(=O)NNc3ccccc3F)c(=O)c2cc1OC. The number of carbonyl (C=O) groups excluding carboxylic acids is 1. The average Bonchev–Trinajstić information content (AvgIpc) is 2.68. The molecule has 0 unspecified atom stereocenters. The minimum atomic E-state index is -0.540. The summed E-state index contributed by atoms with van der Waals surface area (Å²) in [7, 11) is 2.94. The molecule has 0 aliphatic carbocycles. The molecule has 3 aromatic rings. The number of halogens is 1. The highest BCUT2D eigenvalue weighted by molar-refractivity contribution is 5.82. The van der Waals surface area contributed by atoms with E-state index in [0.717, 1.165) is 4.57 Å². The number of anilines is 1. The highest BCUT2D eigenvalue weighted by atomic mass is 19.1. The van der Waals surface area contributed by atoms with Crippen LogP contribution in [0.25, 0.3) is 10.9 Å². The van der Waals surface area contributed by atoms with Gasteiger partial charge < -0.3 is 9.47 Å². The maximum atomic E-state index is 13.5. The molecule has 0 spiro atoms. The lowest BCUT2D eigenvalue weighted by Crippen LogP contribution is -2.35. The Hall–Kier alpha value is -3.62. The highest BCUT2D eigenvalue weighted by Gasteiger charge is 2.13. The van der Waals surface area contributed by atoms with Crippen LogP contribution < -0.4 is 25.9 Å². The molecule has 0 aliphatic rings. The Labute approximate surface area is 153 Å². The number of rotatable bonds is 6. The number of benzene rings is 2. The number of ether oxygens (including phenoxy) is 2. The molecule has 0 fully saturated rings. The number of carbonyl (C=O) groups is 1. The molecule has 1 amide bonds. The summed E-state index contributed by atoms with van der Waals surface area (Å²) in [6, 6.07) is 8.98. The summed E-state index contributed by atoms with van der Waals surface area (Å²) in [5, 5.41) is 0.282. The Morgan fingerprint density at radius 3 is 2.59 bits per heavy atom. The molecule has 0 aliphatic heterocycles. The van der Waals surface area contributed by atoms with Crippen molar-refractivity contribution in [2.45, 2.75) is 6.54 Å². The van der Waals surface area contributed by atoms with Gasteiger partial charge in [0.25, 0.3) is 11.5 Å². The second kappa shape index (κ2) is 7.73. The molecular formula is C18H17FN4O4. The molecule has 3 rings (SSSR count). The second-order valence-corrected chi connectivity index (χ2v) is 5.55. The van der Waals surface area contributed by atoms with Crippen LogP contribution in [0.5, 0.6) is 11.5 Å². The van der Waals surface area contributed by atoms with E-state index in [2.05, 4.69) is 15.8 Å². The van der Waals surface area contributed by atoms with E-state index in [1.54, 1.807) is 12.1 Å². The normalized spacial score (nSPS) is 10.5. The van der Waals surface area contributed by atoms with Crippen LogP contribution in [0.3, 0.4) is 0 Å². The van der Waals surface area contributed by atoms with Crippen molar-refractivity contribution in [2.24, 2.45) is 0 Å². The fourth-order valence-corrected chi connectivity index (χ4v) is 2.49.